The molecule has 1 aromatic rings. The Bertz CT molecular complexity index is 409. The maximum Gasteiger partial charge on any atom is 0.149 e. The van der Waals surface area contributed by atoms with E-state index in [2.05, 4.69) is 15.9 Å². The van der Waals surface area contributed by atoms with Gasteiger partial charge in [0.05, 0.1) is 20.6 Å². The van der Waals surface area contributed by atoms with Gasteiger partial charge in [-0.1, -0.05) is 11.6 Å². The molecule has 0 aliphatic rings. The van der Waals surface area contributed by atoms with Crippen LogP contribution in [0.25, 0.3) is 0 Å². The first-order valence-corrected chi connectivity index (χ1v) is 7.72. The van der Waals surface area contributed by atoms with Crippen LogP contribution in [-0.4, -0.2) is 20.4 Å². The fourth-order valence-electron chi connectivity index (χ4n) is 0.954. The summed E-state index contributed by atoms with van der Waals surface area (Å²) in [6, 6.07) is 1.19. The average Bonchev–Trinajstić information content (AvgIpc) is 2.28. The molecule has 0 spiro atoms. The first-order chi connectivity index (χ1) is 6.29. The van der Waals surface area contributed by atoms with Crippen molar-refractivity contribution in [2.75, 3.05) is 12.0 Å². The Morgan fingerprint density at radius 2 is 2.29 bits per heavy atom. The monoisotopic (exact) mass is 317 g/mol. The molecule has 0 saturated carbocycles. The number of nitrogens with two attached hydrogens (primary N) is 1. The smallest absolute Gasteiger partial charge is 0.149 e. The second-order valence-electron chi connectivity index (χ2n) is 2.97. The van der Waals surface area contributed by atoms with Crippen molar-refractivity contribution in [3.05, 3.63) is 19.8 Å². The zero-order chi connectivity index (χ0) is 10.9. The second kappa shape index (κ2) is 4.49. The predicted octanol–water partition coefficient (Wildman–Crippen LogP) is 2.21. The van der Waals surface area contributed by atoms with Crippen molar-refractivity contribution < 1.29 is 8.42 Å². The third-order valence-corrected chi connectivity index (χ3v) is 5.08. The summed E-state index contributed by atoms with van der Waals surface area (Å²) in [5.41, 5.74) is 5.72. The quantitative estimate of drug-likeness (QED) is 0.929. The van der Waals surface area contributed by atoms with Gasteiger partial charge in [-0.2, -0.15) is 0 Å². The highest BCUT2D eigenvalue weighted by molar-refractivity contribution is 9.11. The lowest BCUT2D eigenvalue weighted by Gasteiger charge is -2.06. The van der Waals surface area contributed by atoms with E-state index in [1.807, 2.05) is 0 Å². The van der Waals surface area contributed by atoms with Gasteiger partial charge in [-0.25, -0.2) is 8.42 Å². The molecular weight excluding hydrogens is 310 g/mol. The molecule has 3 nitrogen and oxygen atoms in total. The van der Waals surface area contributed by atoms with Gasteiger partial charge in [0.25, 0.3) is 0 Å². The molecule has 0 radical (unpaired) electrons. The van der Waals surface area contributed by atoms with Crippen LogP contribution in [0.2, 0.25) is 5.02 Å². The summed E-state index contributed by atoms with van der Waals surface area (Å²) in [4.78, 5) is 0.771. The zero-order valence-corrected chi connectivity index (χ0v) is 11.3. The van der Waals surface area contributed by atoms with E-state index in [1.165, 1.54) is 11.3 Å². The summed E-state index contributed by atoms with van der Waals surface area (Å²) >= 11 is 10.4. The molecule has 0 aliphatic heterocycles. The predicted molar refractivity (Wildman–Crippen MR) is 63.7 cm³/mol. The first kappa shape index (κ1) is 12.4. The van der Waals surface area contributed by atoms with Crippen molar-refractivity contribution in [1.29, 1.82) is 0 Å². The van der Waals surface area contributed by atoms with Crippen molar-refractivity contribution in [3.8, 4) is 0 Å². The SMILES string of the molecule is CS(=O)(=O)CC(N)c1cc(Cl)c(Br)s1. The maximum absolute atomic E-state index is 11.0. The molecule has 0 bridgehead atoms. The number of rotatable bonds is 3. The van der Waals surface area contributed by atoms with Gasteiger partial charge in [-0.05, 0) is 22.0 Å². The molecule has 1 aromatic heterocycles. The Morgan fingerprint density at radius 1 is 1.71 bits per heavy atom. The highest BCUT2D eigenvalue weighted by Gasteiger charge is 2.16. The van der Waals surface area contributed by atoms with E-state index in [-0.39, 0.29) is 5.75 Å². The van der Waals surface area contributed by atoms with E-state index in [4.69, 9.17) is 17.3 Å². The Labute approximate surface area is 100 Å². The molecule has 0 saturated heterocycles. The van der Waals surface area contributed by atoms with E-state index in [0.717, 1.165) is 14.9 Å². The number of hydrogen-bond donors (Lipinski definition) is 1. The van der Waals surface area contributed by atoms with Gasteiger partial charge < -0.3 is 5.73 Å². The second-order valence-corrected chi connectivity index (χ2v) is 7.96. The minimum atomic E-state index is -3.05. The summed E-state index contributed by atoms with van der Waals surface area (Å²) in [7, 11) is -3.05. The van der Waals surface area contributed by atoms with Gasteiger partial charge in [0.1, 0.15) is 9.84 Å². The van der Waals surface area contributed by atoms with Crippen LogP contribution >= 0.6 is 38.9 Å². The summed E-state index contributed by atoms with van der Waals surface area (Å²) in [5.74, 6) is -0.0592. The van der Waals surface area contributed by atoms with E-state index >= 15 is 0 Å². The van der Waals surface area contributed by atoms with Crippen molar-refractivity contribution in [3.63, 3.8) is 0 Å². The van der Waals surface area contributed by atoms with E-state index in [0.29, 0.717) is 5.02 Å². The van der Waals surface area contributed by atoms with Crippen LogP contribution in [0.1, 0.15) is 10.9 Å². The van der Waals surface area contributed by atoms with Gasteiger partial charge in [0, 0.05) is 11.1 Å². The molecule has 0 amide bonds. The Morgan fingerprint density at radius 3 is 2.64 bits per heavy atom. The van der Waals surface area contributed by atoms with Crippen LogP contribution in [0.4, 0.5) is 0 Å². The van der Waals surface area contributed by atoms with E-state index in [9.17, 15) is 8.42 Å². The summed E-state index contributed by atoms with van der Waals surface area (Å²) in [6.45, 7) is 0. The number of sulfone groups is 1. The van der Waals surface area contributed by atoms with Crippen molar-refractivity contribution >= 4 is 48.7 Å². The number of halogens is 2. The molecule has 1 heterocycles. The molecule has 0 aromatic carbocycles. The van der Waals surface area contributed by atoms with Crippen LogP contribution in [0.15, 0.2) is 9.85 Å². The number of hydrogen-bond acceptors (Lipinski definition) is 4. The summed E-state index contributed by atoms with van der Waals surface area (Å²) < 4.78 is 22.7. The topological polar surface area (TPSA) is 60.2 Å². The van der Waals surface area contributed by atoms with E-state index in [1.54, 1.807) is 6.07 Å². The van der Waals surface area contributed by atoms with Crippen LogP contribution in [0.3, 0.4) is 0 Å². The van der Waals surface area contributed by atoms with Crippen molar-refractivity contribution in [2.45, 2.75) is 6.04 Å². The molecular formula is C7H9BrClNO2S2. The zero-order valence-electron chi connectivity index (χ0n) is 7.33. The maximum atomic E-state index is 11.0. The first-order valence-electron chi connectivity index (χ1n) is 3.67. The van der Waals surface area contributed by atoms with Crippen molar-refractivity contribution in [2.24, 2.45) is 5.73 Å². The molecule has 80 valence electrons. The van der Waals surface area contributed by atoms with Crippen LogP contribution in [0.5, 0.6) is 0 Å². The van der Waals surface area contributed by atoms with Crippen molar-refractivity contribution in [1.82, 2.24) is 0 Å². The van der Waals surface area contributed by atoms with Gasteiger partial charge >= 0.3 is 0 Å². The largest absolute Gasteiger partial charge is 0.322 e. The van der Waals surface area contributed by atoms with E-state index < -0.39 is 15.9 Å². The summed E-state index contributed by atoms with van der Waals surface area (Å²) in [5, 5.41) is 0.564. The standard InChI is InChI=1S/C7H9BrClNO2S2/c1-14(11,12)3-5(10)6-2-4(9)7(8)13-6/h2,5H,3,10H2,1H3. The molecule has 0 aliphatic carbocycles. The molecule has 2 N–H and O–H groups in total. The lowest BCUT2D eigenvalue weighted by molar-refractivity contribution is 0.595. The van der Waals surface area contributed by atoms with Gasteiger partial charge in [0.2, 0.25) is 0 Å². The Balaban J connectivity index is 2.85. The third-order valence-electron chi connectivity index (χ3n) is 1.51. The molecule has 1 unspecified atom stereocenters. The van der Waals surface area contributed by atoms with Crippen LogP contribution in [0, 0.1) is 0 Å². The minimum Gasteiger partial charge on any atom is -0.322 e. The van der Waals surface area contributed by atoms with Gasteiger partial charge in [-0.3, -0.25) is 0 Å². The highest BCUT2D eigenvalue weighted by Crippen LogP contribution is 2.34. The molecule has 7 heteroatoms. The summed E-state index contributed by atoms with van der Waals surface area (Å²) in [6.07, 6.45) is 1.16. The molecule has 14 heavy (non-hydrogen) atoms. The lowest BCUT2D eigenvalue weighted by atomic mass is 10.3. The lowest BCUT2D eigenvalue weighted by Crippen LogP contribution is -2.19. The fraction of sp³-hybridized carbons (Fsp3) is 0.429. The number of thiophene rings is 1. The Kier molecular flexibility index (Phi) is 3.99. The van der Waals surface area contributed by atoms with Gasteiger partial charge in [-0.15, -0.1) is 11.3 Å². The molecule has 1 rings (SSSR count). The third kappa shape index (κ3) is 3.51. The molecule has 1 atom stereocenters. The normalized spacial score (nSPS) is 14.3. The molecule has 0 fully saturated rings. The Hall–Kier alpha value is 0.380. The van der Waals surface area contributed by atoms with Crippen LogP contribution < -0.4 is 5.73 Å². The van der Waals surface area contributed by atoms with Gasteiger partial charge in [0.15, 0.2) is 0 Å². The van der Waals surface area contributed by atoms with Crippen LogP contribution in [-0.2, 0) is 9.84 Å². The highest BCUT2D eigenvalue weighted by atomic mass is 79.9. The minimum absolute atomic E-state index is 0.0592. The average molecular weight is 319 g/mol. The fourth-order valence-corrected chi connectivity index (χ4v) is 3.64.